The number of nitrogens with one attached hydrogen (secondary N) is 2. The van der Waals surface area contributed by atoms with Gasteiger partial charge in [0.1, 0.15) is 0 Å². The van der Waals surface area contributed by atoms with Crippen molar-refractivity contribution in [2.75, 3.05) is 0 Å². The summed E-state index contributed by atoms with van der Waals surface area (Å²) in [5, 5.41) is 7.52. The van der Waals surface area contributed by atoms with E-state index in [1.54, 1.807) is 0 Å². The molecule has 2 fully saturated rings. The molecule has 1 aromatic rings. The Morgan fingerprint density at radius 1 is 0.529 bits per heavy atom. The molecule has 4 heteroatoms. The highest BCUT2D eigenvalue weighted by molar-refractivity contribution is 5.49. The Labute approximate surface area is 210 Å². The fourth-order valence-corrected chi connectivity index (χ4v) is 7.00. The van der Waals surface area contributed by atoms with Gasteiger partial charge in [-0.2, -0.15) is 0 Å². The molecule has 34 heavy (non-hydrogen) atoms. The van der Waals surface area contributed by atoms with Gasteiger partial charge in [-0.05, 0) is 142 Å². The highest BCUT2D eigenvalue weighted by atomic mass is 16.5. The molecule has 2 aliphatic rings. The maximum atomic E-state index is 6.57. The quantitative estimate of drug-likeness (QED) is 0.491. The predicted molar refractivity (Wildman–Crippen MR) is 144 cm³/mol. The molecule has 0 aliphatic carbocycles. The number of hydrogen-bond donors (Lipinski definition) is 2. The monoisotopic (exact) mass is 472 g/mol. The van der Waals surface area contributed by atoms with Crippen molar-refractivity contribution >= 4 is 0 Å². The zero-order chi connectivity index (χ0) is 25.7. The fraction of sp³-hybridized carbons (Fsp3) is 0.800. The molecule has 0 unspecified atom stereocenters. The molecule has 2 saturated heterocycles. The van der Waals surface area contributed by atoms with Gasteiger partial charge in [-0.25, -0.2) is 0 Å². The fourth-order valence-electron chi connectivity index (χ4n) is 7.00. The summed E-state index contributed by atoms with van der Waals surface area (Å²) in [5.41, 5.74) is 8.56. The number of benzene rings is 1. The van der Waals surface area contributed by atoms with E-state index in [4.69, 9.17) is 9.47 Å². The van der Waals surface area contributed by atoms with Crippen LogP contribution in [0.5, 0.6) is 0 Å². The number of ether oxygens (including phenoxy) is 2. The normalized spacial score (nSPS) is 24.4. The molecule has 2 heterocycles. The van der Waals surface area contributed by atoms with Crippen LogP contribution >= 0.6 is 0 Å². The van der Waals surface area contributed by atoms with Crippen LogP contribution in [0.15, 0.2) is 0 Å². The van der Waals surface area contributed by atoms with E-state index in [0.29, 0.717) is 13.2 Å². The van der Waals surface area contributed by atoms with Gasteiger partial charge in [0, 0.05) is 22.2 Å². The van der Waals surface area contributed by atoms with Crippen LogP contribution < -0.4 is 10.6 Å². The van der Waals surface area contributed by atoms with Crippen molar-refractivity contribution in [2.24, 2.45) is 0 Å². The molecule has 0 spiro atoms. The van der Waals surface area contributed by atoms with Crippen LogP contribution in [0.3, 0.4) is 0 Å². The Hall–Kier alpha value is -0.940. The minimum atomic E-state index is 0.0985. The topological polar surface area (TPSA) is 42.5 Å². The predicted octanol–water partition coefficient (Wildman–Crippen LogP) is 6.57. The second-order valence-corrected chi connectivity index (χ2v) is 13.9. The van der Waals surface area contributed by atoms with Gasteiger partial charge in [0.25, 0.3) is 0 Å². The second kappa shape index (κ2) is 9.50. The lowest BCUT2D eigenvalue weighted by atomic mass is 9.81. The summed E-state index contributed by atoms with van der Waals surface area (Å²) in [7, 11) is 0. The van der Waals surface area contributed by atoms with Crippen molar-refractivity contribution in [2.45, 2.75) is 156 Å². The van der Waals surface area contributed by atoms with Crippen molar-refractivity contribution in [3.05, 3.63) is 33.4 Å². The first kappa shape index (κ1) is 27.6. The van der Waals surface area contributed by atoms with Crippen molar-refractivity contribution in [1.29, 1.82) is 0 Å². The zero-order valence-corrected chi connectivity index (χ0v) is 24.2. The smallest absolute Gasteiger partial charge is 0.0725 e. The summed E-state index contributed by atoms with van der Waals surface area (Å²) in [6.07, 6.45) is 4.73. The van der Waals surface area contributed by atoms with Gasteiger partial charge in [0.2, 0.25) is 0 Å². The Balaban J connectivity index is 1.73. The minimum Gasteiger partial charge on any atom is -0.373 e. The van der Waals surface area contributed by atoms with E-state index in [9.17, 15) is 0 Å². The molecule has 0 radical (unpaired) electrons. The maximum Gasteiger partial charge on any atom is 0.0725 e. The average molecular weight is 473 g/mol. The molecular formula is C30H52N2O2. The summed E-state index contributed by atoms with van der Waals surface area (Å²) in [4.78, 5) is 0. The van der Waals surface area contributed by atoms with Gasteiger partial charge in [-0.1, -0.05) is 0 Å². The molecular weight excluding hydrogens is 420 g/mol. The van der Waals surface area contributed by atoms with E-state index in [0.717, 1.165) is 25.7 Å². The summed E-state index contributed by atoms with van der Waals surface area (Å²) in [6, 6.07) is 0. The molecule has 3 rings (SSSR count). The van der Waals surface area contributed by atoms with Crippen LogP contribution in [-0.4, -0.2) is 34.4 Å². The molecule has 2 aliphatic heterocycles. The van der Waals surface area contributed by atoms with Gasteiger partial charge in [-0.3, -0.25) is 0 Å². The zero-order valence-electron chi connectivity index (χ0n) is 24.2. The summed E-state index contributed by atoms with van der Waals surface area (Å²) in [5.74, 6) is 0. The van der Waals surface area contributed by atoms with Crippen LogP contribution in [-0.2, 0) is 22.7 Å². The third kappa shape index (κ3) is 6.63. The highest BCUT2D eigenvalue weighted by Gasteiger charge is 2.39. The van der Waals surface area contributed by atoms with Crippen molar-refractivity contribution in [3.8, 4) is 0 Å². The van der Waals surface area contributed by atoms with Crippen molar-refractivity contribution in [1.82, 2.24) is 10.6 Å². The lowest BCUT2D eigenvalue weighted by Gasteiger charge is -2.46. The Morgan fingerprint density at radius 3 is 1.00 bits per heavy atom. The van der Waals surface area contributed by atoms with E-state index in [2.05, 4.69) is 93.7 Å². The average Bonchev–Trinajstić information content (AvgIpc) is 2.61. The Bertz CT molecular complexity index is 764. The van der Waals surface area contributed by atoms with Gasteiger partial charge < -0.3 is 20.1 Å². The first-order valence-corrected chi connectivity index (χ1v) is 13.3. The van der Waals surface area contributed by atoms with Gasteiger partial charge in [0.15, 0.2) is 0 Å². The van der Waals surface area contributed by atoms with E-state index in [-0.39, 0.29) is 34.4 Å². The standard InChI is InChI=1S/C30H52N2O2/c1-19-20(2)26(18-34-24-15-29(9,10)32-30(11,12)16-24)22(4)21(3)25(19)17-33-23-13-27(5,6)31-28(7,8)14-23/h23-24,31-32H,13-18H2,1-12H3. The van der Waals surface area contributed by atoms with E-state index in [1.165, 1.54) is 33.4 Å². The van der Waals surface area contributed by atoms with Gasteiger partial charge >= 0.3 is 0 Å². The largest absolute Gasteiger partial charge is 0.373 e. The van der Waals surface area contributed by atoms with E-state index >= 15 is 0 Å². The first-order valence-electron chi connectivity index (χ1n) is 13.3. The van der Waals surface area contributed by atoms with E-state index in [1.807, 2.05) is 0 Å². The lowest BCUT2D eigenvalue weighted by molar-refractivity contribution is -0.0321. The number of rotatable bonds is 6. The molecule has 0 atom stereocenters. The summed E-state index contributed by atoms with van der Waals surface area (Å²) in [6.45, 7) is 28.7. The summed E-state index contributed by atoms with van der Waals surface area (Å²) < 4.78 is 13.1. The minimum absolute atomic E-state index is 0.0985. The summed E-state index contributed by atoms with van der Waals surface area (Å²) >= 11 is 0. The molecule has 0 saturated carbocycles. The molecule has 0 bridgehead atoms. The van der Waals surface area contributed by atoms with Crippen LogP contribution in [0.2, 0.25) is 0 Å². The van der Waals surface area contributed by atoms with Crippen LogP contribution in [0.4, 0.5) is 0 Å². The third-order valence-corrected chi connectivity index (χ3v) is 8.17. The molecule has 0 amide bonds. The molecule has 4 nitrogen and oxygen atoms in total. The van der Waals surface area contributed by atoms with Crippen LogP contribution in [0.1, 0.15) is 114 Å². The number of hydrogen-bond acceptors (Lipinski definition) is 4. The maximum absolute atomic E-state index is 6.57. The molecule has 0 aromatic heterocycles. The van der Waals surface area contributed by atoms with Gasteiger partial charge in [0.05, 0.1) is 25.4 Å². The van der Waals surface area contributed by atoms with Crippen LogP contribution in [0, 0.1) is 27.7 Å². The third-order valence-electron chi connectivity index (χ3n) is 8.17. The van der Waals surface area contributed by atoms with E-state index < -0.39 is 0 Å². The Morgan fingerprint density at radius 2 is 0.765 bits per heavy atom. The molecule has 2 N–H and O–H groups in total. The SMILES string of the molecule is Cc1c(C)c(COC2CC(C)(C)NC(C)(C)C2)c(C)c(C)c1COC1CC(C)(C)NC(C)(C)C1. The van der Waals surface area contributed by atoms with Crippen molar-refractivity contribution < 1.29 is 9.47 Å². The molecule has 194 valence electrons. The van der Waals surface area contributed by atoms with Crippen LogP contribution in [0.25, 0.3) is 0 Å². The first-order chi connectivity index (χ1) is 15.4. The highest BCUT2D eigenvalue weighted by Crippen LogP contribution is 2.34. The Kier molecular flexibility index (Phi) is 7.72. The lowest BCUT2D eigenvalue weighted by Crippen LogP contribution is -2.59. The van der Waals surface area contributed by atoms with Gasteiger partial charge in [-0.15, -0.1) is 0 Å². The second-order valence-electron chi connectivity index (χ2n) is 13.9. The van der Waals surface area contributed by atoms with Crippen molar-refractivity contribution in [3.63, 3.8) is 0 Å². The molecule has 1 aromatic carbocycles. The number of piperidine rings is 2.